The molecule has 0 saturated carbocycles. The van der Waals surface area contributed by atoms with Crippen LogP contribution in [0.5, 0.6) is 0 Å². The van der Waals surface area contributed by atoms with Gasteiger partial charge in [-0.25, -0.2) is 4.79 Å². The molecule has 5 rings (SSSR count). The maximum atomic E-state index is 13.8. The molecule has 6 heteroatoms. The zero-order valence-electron chi connectivity index (χ0n) is 20.7. The van der Waals surface area contributed by atoms with Crippen LogP contribution in [0.4, 0.5) is 5.00 Å². The molecule has 37 heavy (non-hydrogen) atoms. The molecular weight excluding hydrogens is 498 g/mol. The molecule has 1 aliphatic carbocycles. The van der Waals surface area contributed by atoms with Crippen LogP contribution in [0.1, 0.15) is 56.4 Å². The summed E-state index contributed by atoms with van der Waals surface area (Å²) in [6.45, 7) is 2.10. The Labute approximate surface area is 226 Å². The number of anilines is 1. The van der Waals surface area contributed by atoms with Crippen molar-refractivity contribution in [2.24, 2.45) is 0 Å². The molecule has 4 nitrogen and oxygen atoms in total. The molecule has 1 N–H and O–H groups in total. The van der Waals surface area contributed by atoms with Gasteiger partial charge in [-0.2, -0.15) is 0 Å². The molecule has 0 radical (unpaired) electrons. The van der Waals surface area contributed by atoms with Crippen molar-refractivity contribution >= 4 is 40.0 Å². The van der Waals surface area contributed by atoms with Gasteiger partial charge in [0.2, 0.25) is 5.91 Å². The van der Waals surface area contributed by atoms with Crippen LogP contribution in [0.3, 0.4) is 0 Å². The van der Waals surface area contributed by atoms with Crippen molar-refractivity contribution < 1.29 is 14.3 Å². The minimum atomic E-state index is -0.463. The topological polar surface area (TPSA) is 55.4 Å². The third-order valence-corrected chi connectivity index (χ3v) is 9.03. The van der Waals surface area contributed by atoms with Crippen LogP contribution in [-0.4, -0.2) is 18.5 Å². The third-order valence-electron chi connectivity index (χ3n) is 6.59. The number of carbonyl (C=O) groups is 2. The number of ether oxygens (including phenoxy) is 1. The highest BCUT2D eigenvalue weighted by molar-refractivity contribution is 8.00. The van der Waals surface area contributed by atoms with E-state index < -0.39 is 5.25 Å². The largest absolute Gasteiger partial charge is 0.462 e. The summed E-state index contributed by atoms with van der Waals surface area (Å²) in [6, 6.07) is 30.2. The number of nitrogens with one attached hydrogen (secondary N) is 1. The number of hydrogen-bond donors (Lipinski definition) is 1. The summed E-state index contributed by atoms with van der Waals surface area (Å²) >= 11 is 3.02. The van der Waals surface area contributed by atoms with Gasteiger partial charge in [0.1, 0.15) is 10.3 Å². The van der Waals surface area contributed by atoms with E-state index in [9.17, 15) is 9.59 Å². The highest BCUT2D eigenvalue weighted by Crippen LogP contribution is 2.44. The van der Waals surface area contributed by atoms with Gasteiger partial charge in [0, 0.05) is 9.77 Å². The lowest BCUT2D eigenvalue weighted by Gasteiger charge is -2.23. The zero-order valence-corrected chi connectivity index (χ0v) is 22.3. The van der Waals surface area contributed by atoms with Crippen LogP contribution in [0, 0.1) is 0 Å². The van der Waals surface area contributed by atoms with Crippen molar-refractivity contribution in [2.75, 3.05) is 11.9 Å². The summed E-state index contributed by atoms with van der Waals surface area (Å²) in [7, 11) is 0. The van der Waals surface area contributed by atoms with Gasteiger partial charge in [0.25, 0.3) is 0 Å². The van der Waals surface area contributed by atoms with Crippen LogP contribution in [-0.2, 0) is 22.4 Å². The number of esters is 1. The molecule has 0 bridgehead atoms. The first-order valence-electron chi connectivity index (χ1n) is 12.6. The molecule has 0 saturated heterocycles. The van der Waals surface area contributed by atoms with Crippen LogP contribution < -0.4 is 5.32 Å². The summed E-state index contributed by atoms with van der Waals surface area (Å²) in [5.74, 6) is -0.110. The Bertz CT molecular complexity index is 1350. The number of rotatable bonds is 8. The van der Waals surface area contributed by atoms with Crippen LogP contribution >= 0.6 is 23.1 Å². The first kappa shape index (κ1) is 25.3. The maximum absolute atomic E-state index is 13.8. The monoisotopic (exact) mass is 527 g/mol. The summed E-state index contributed by atoms with van der Waals surface area (Å²) in [4.78, 5) is 29.0. The van der Waals surface area contributed by atoms with Gasteiger partial charge in [-0.3, -0.25) is 4.79 Å². The second-order valence-corrected chi connectivity index (χ2v) is 11.3. The Balaban J connectivity index is 1.46. The first-order chi connectivity index (χ1) is 18.1. The fourth-order valence-corrected chi connectivity index (χ4v) is 7.18. The van der Waals surface area contributed by atoms with Crippen molar-refractivity contribution in [3.63, 3.8) is 0 Å². The van der Waals surface area contributed by atoms with Gasteiger partial charge in [0.15, 0.2) is 0 Å². The fourth-order valence-electron chi connectivity index (χ4n) is 4.82. The van der Waals surface area contributed by atoms with Crippen LogP contribution in [0.2, 0.25) is 0 Å². The van der Waals surface area contributed by atoms with Gasteiger partial charge in [-0.15, -0.1) is 23.1 Å². The Kier molecular flexibility index (Phi) is 8.07. The highest BCUT2D eigenvalue weighted by atomic mass is 32.2. The van der Waals surface area contributed by atoms with Gasteiger partial charge < -0.3 is 10.1 Å². The maximum Gasteiger partial charge on any atom is 0.341 e. The molecule has 1 amide bonds. The molecule has 1 aromatic heterocycles. The van der Waals surface area contributed by atoms with Gasteiger partial charge in [-0.05, 0) is 60.9 Å². The highest BCUT2D eigenvalue weighted by Gasteiger charge is 2.32. The van der Waals surface area contributed by atoms with Gasteiger partial charge >= 0.3 is 5.97 Å². The minimum absolute atomic E-state index is 0.149. The number of benzene rings is 3. The van der Waals surface area contributed by atoms with Crippen molar-refractivity contribution in [3.05, 3.63) is 118 Å². The smallest absolute Gasteiger partial charge is 0.341 e. The molecule has 0 fully saturated rings. The quantitative estimate of drug-likeness (QED) is 0.189. The second kappa shape index (κ2) is 11.8. The van der Waals surface area contributed by atoms with Gasteiger partial charge in [-0.1, -0.05) is 78.9 Å². The van der Waals surface area contributed by atoms with E-state index in [2.05, 4.69) is 29.6 Å². The van der Waals surface area contributed by atoms with E-state index in [1.54, 1.807) is 0 Å². The third kappa shape index (κ3) is 5.81. The first-order valence-corrected chi connectivity index (χ1v) is 14.3. The van der Waals surface area contributed by atoms with Gasteiger partial charge in [0.05, 0.1) is 12.2 Å². The summed E-state index contributed by atoms with van der Waals surface area (Å²) in [6.07, 6.45) is 2.60. The normalized spacial score (nSPS) is 15.4. The van der Waals surface area contributed by atoms with E-state index in [-0.39, 0.29) is 11.9 Å². The van der Waals surface area contributed by atoms with Crippen molar-refractivity contribution in [1.29, 1.82) is 0 Å². The molecule has 3 aromatic carbocycles. The Morgan fingerprint density at radius 1 is 0.973 bits per heavy atom. The average molecular weight is 528 g/mol. The summed E-state index contributed by atoms with van der Waals surface area (Å²) in [5, 5.41) is 3.27. The summed E-state index contributed by atoms with van der Waals surface area (Å²) < 4.78 is 5.44. The lowest BCUT2D eigenvalue weighted by Crippen LogP contribution is -2.20. The average Bonchev–Trinajstić information content (AvgIpc) is 3.30. The van der Waals surface area contributed by atoms with Crippen molar-refractivity contribution in [1.82, 2.24) is 0 Å². The second-order valence-electron chi connectivity index (χ2n) is 8.99. The molecule has 0 aliphatic heterocycles. The van der Waals surface area contributed by atoms with Crippen molar-refractivity contribution in [2.45, 2.75) is 42.2 Å². The zero-order chi connectivity index (χ0) is 25.6. The molecular formula is C31H29NO3S2. The van der Waals surface area contributed by atoms with E-state index >= 15 is 0 Å². The number of thioether (sulfide) groups is 1. The van der Waals surface area contributed by atoms with E-state index in [1.165, 1.54) is 28.7 Å². The Morgan fingerprint density at radius 3 is 2.30 bits per heavy atom. The lowest BCUT2D eigenvalue weighted by molar-refractivity contribution is -0.115. The van der Waals surface area contributed by atoms with Crippen LogP contribution in [0.25, 0.3) is 0 Å². The molecule has 1 aliphatic rings. The fraction of sp³-hybridized carbons (Fsp3) is 0.226. The van der Waals surface area contributed by atoms with Crippen LogP contribution in [0.15, 0.2) is 95.9 Å². The number of hydrogen-bond acceptors (Lipinski definition) is 5. The van der Waals surface area contributed by atoms with E-state index in [1.807, 2.05) is 73.7 Å². The SMILES string of the molecule is CCOC(=O)c1c(NC(=O)[C@H](Sc2ccccc2)c2ccccc2)sc2c1CC[C@@H](c1ccccc1)C2. The predicted octanol–water partition coefficient (Wildman–Crippen LogP) is 7.67. The number of amides is 1. The van der Waals surface area contributed by atoms with E-state index in [0.717, 1.165) is 40.2 Å². The predicted molar refractivity (Wildman–Crippen MR) is 152 cm³/mol. The molecule has 1 heterocycles. The molecule has 2 atom stereocenters. The standard InChI is InChI=1S/C31H29NO3S2/c1-2-35-31(34)27-25-19-18-23(21-12-6-3-7-13-21)20-26(25)37-30(27)32-29(33)28(22-14-8-4-9-15-22)36-24-16-10-5-11-17-24/h3-17,23,28H,2,18-20H2,1H3,(H,32,33)/t23-,28-/m1/s1. The Morgan fingerprint density at radius 2 is 1.62 bits per heavy atom. The molecule has 0 spiro atoms. The van der Waals surface area contributed by atoms with E-state index in [4.69, 9.17) is 4.74 Å². The summed E-state index contributed by atoms with van der Waals surface area (Å²) in [5.41, 5.74) is 3.78. The Hall–Kier alpha value is -3.35. The number of thiophene rings is 1. The number of fused-ring (bicyclic) bond motifs is 1. The molecule has 188 valence electrons. The van der Waals surface area contributed by atoms with Crippen molar-refractivity contribution in [3.8, 4) is 0 Å². The van der Waals surface area contributed by atoms with E-state index in [0.29, 0.717) is 23.1 Å². The molecule has 4 aromatic rings. The number of carbonyl (C=O) groups excluding carboxylic acids is 2. The molecule has 0 unspecified atom stereocenters. The lowest BCUT2D eigenvalue weighted by atomic mass is 9.83. The minimum Gasteiger partial charge on any atom is -0.462 e.